The van der Waals surface area contributed by atoms with Gasteiger partial charge < -0.3 is 10.4 Å². The summed E-state index contributed by atoms with van der Waals surface area (Å²) in [5.74, 6) is -0.607. The van der Waals surface area contributed by atoms with Crippen molar-refractivity contribution in [3.63, 3.8) is 0 Å². The van der Waals surface area contributed by atoms with Crippen LogP contribution in [-0.2, 0) is 11.2 Å². The zero-order valence-electron chi connectivity index (χ0n) is 12.1. The van der Waals surface area contributed by atoms with Crippen LogP contribution < -0.4 is 5.32 Å². The lowest BCUT2D eigenvalue weighted by atomic mass is 10.1. The highest BCUT2D eigenvalue weighted by molar-refractivity contribution is 5.91. The van der Waals surface area contributed by atoms with Gasteiger partial charge in [-0.2, -0.15) is 0 Å². The summed E-state index contributed by atoms with van der Waals surface area (Å²) in [6.45, 7) is -0.134. The number of aliphatic hydroxyl groups is 1. The van der Waals surface area contributed by atoms with Gasteiger partial charge in [0, 0.05) is 6.08 Å². The zero-order valence-corrected chi connectivity index (χ0v) is 12.1. The van der Waals surface area contributed by atoms with Crippen LogP contribution in [0.2, 0.25) is 0 Å². The third kappa shape index (κ3) is 5.14. The van der Waals surface area contributed by atoms with E-state index in [2.05, 4.69) is 5.32 Å². The standard InChI is InChI=1S/C18H18FNO2/c19-16-9-6-14(7-10-16)8-11-18(22)20-17(13-21)12-15-4-2-1-3-5-15/h1-11,17,21H,12-13H2,(H,20,22)/b11-8+/t17-/m0/s1. The van der Waals surface area contributed by atoms with Crippen molar-refractivity contribution >= 4 is 12.0 Å². The maximum atomic E-state index is 12.8. The van der Waals surface area contributed by atoms with Crippen LogP contribution in [-0.4, -0.2) is 23.7 Å². The molecule has 0 saturated heterocycles. The number of rotatable bonds is 6. The van der Waals surface area contributed by atoms with Gasteiger partial charge in [-0.15, -0.1) is 0 Å². The van der Waals surface area contributed by atoms with Crippen molar-refractivity contribution in [2.45, 2.75) is 12.5 Å². The summed E-state index contributed by atoms with van der Waals surface area (Å²) in [7, 11) is 0. The van der Waals surface area contributed by atoms with Gasteiger partial charge in [-0.3, -0.25) is 4.79 Å². The van der Waals surface area contributed by atoms with E-state index in [4.69, 9.17) is 0 Å². The molecule has 0 bridgehead atoms. The van der Waals surface area contributed by atoms with E-state index in [1.807, 2.05) is 30.3 Å². The molecule has 1 amide bonds. The average molecular weight is 299 g/mol. The second-order valence-corrected chi connectivity index (χ2v) is 4.96. The molecule has 0 aromatic heterocycles. The van der Waals surface area contributed by atoms with E-state index in [0.29, 0.717) is 6.42 Å². The largest absolute Gasteiger partial charge is 0.394 e. The van der Waals surface area contributed by atoms with Crippen molar-refractivity contribution < 1.29 is 14.3 Å². The molecule has 0 spiro atoms. The Morgan fingerprint density at radius 3 is 2.45 bits per heavy atom. The lowest BCUT2D eigenvalue weighted by Crippen LogP contribution is -2.38. The molecule has 2 N–H and O–H groups in total. The van der Waals surface area contributed by atoms with E-state index < -0.39 is 0 Å². The van der Waals surface area contributed by atoms with Crippen LogP contribution in [0.5, 0.6) is 0 Å². The molecule has 0 aliphatic rings. The number of carbonyl (C=O) groups excluding carboxylic acids is 1. The van der Waals surface area contributed by atoms with Gasteiger partial charge in [-0.25, -0.2) is 4.39 Å². The molecular weight excluding hydrogens is 281 g/mol. The second kappa shape index (κ2) is 8.10. The number of nitrogens with one attached hydrogen (secondary N) is 1. The summed E-state index contributed by atoms with van der Waals surface area (Å²) in [5.41, 5.74) is 1.78. The molecular formula is C18H18FNO2. The van der Waals surface area contributed by atoms with E-state index in [-0.39, 0.29) is 24.4 Å². The van der Waals surface area contributed by atoms with Crippen LogP contribution in [0.4, 0.5) is 4.39 Å². The monoisotopic (exact) mass is 299 g/mol. The number of amides is 1. The zero-order chi connectivity index (χ0) is 15.8. The molecule has 0 heterocycles. The predicted octanol–water partition coefficient (Wildman–Crippen LogP) is 2.56. The fraction of sp³-hybridized carbons (Fsp3) is 0.167. The quantitative estimate of drug-likeness (QED) is 0.805. The van der Waals surface area contributed by atoms with Crippen LogP contribution in [0.3, 0.4) is 0 Å². The van der Waals surface area contributed by atoms with Crippen LogP contribution in [0.1, 0.15) is 11.1 Å². The predicted molar refractivity (Wildman–Crippen MR) is 84.6 cm³/mol. The number of halogens is 1. The van der Waals surface area contributed by atoms with E-state index in [0.717, 1.165) is 11.1 Å². The molecule has 0 radical (unpaired) electrons. The highest BCUT2D eigenvalue weighted by Crippen LogP contribution is 2.05. The molecule has 114 valence electrons. The Morgan fingerprint density at radius 2 is 1.82 bits per heavy atom. The summed E-state index contributed by atoms with van der Waals surface area (Å²) < 4.78 is 12.8. The van der Waals surface area contributed by atoms with E-state index in [1.54, 1.807) is 18.2 Å². The summed E-state index contributed by atoms with van der Waals surface area (Å²) in [5, 5.41) is 12.1. The maximum absolute atomic E-state index is 12.8. The Bertz CT molecular complexity index is 623. The van der Waals surface area contributed by atoms with Crippen LogP contribution in [0, 0.1) is 5.82 Å². The molecule has 3 nitrogen and oxygen atoms in total. The molecule has 2 aromatic rings. The number of aliphatic hydroxyl groups excluding tert-OH is 1. The maximum Gasteiger partial charge on any atom is 0.244 e. The first kappa shape index (κ1) is 15.9. The van der Waals surface area contributed by atoms with Gasteiger partial charge in [-0.1, -0.05) is 42.5 Å². The lowest BCUT2D eigenvalue weighted by molar-refractivity contribution is -0.117. The first-order valence-corrected chi connectivity index (χ1v) is 7.06. The Morgan fingerprint density at radius 1 is 1.14 bits per heavy atom. The summed E-state index contributed by atoms with van der Waals surface area (Å²) in [4.78, 5) is 11.9. The molecule has 4 heteroatoms. The minimum absolute atomic E-state index is 0.134. The minimum Gasteiger partial charge on any atom is -0.394 e. The average Bonchev–Trinajstić information content (AvgIpc) is 2.54. The fourth-order valence-corrected chi connectivity index (χ4v) is 2.05. The normalized spacial score (nSPS) is 12.3. The van der Waals surface area contributed by atoms with Gasteiger partial charge in [0.2, 0.25) is 5.91 Å². The van der Waals surface area contributed by atoms with Gasteiger partial charge in [0.1, 0.15) is 5.82 Å². The minimum atomic E-state index is -0.340. The number of carbonyl (C=O) groups is 1. The van der Waals surface area contributed by atoms with E-state index in [9.17, 15) is 14.3 Å². The second-order valence-electron chi connectivity index (χ2n) is 4.96. The molecule has 0 aliphatic heterocycles. The lowest BCUT2D eigenvalue weighted by Gasteiger charge is -2.15. The van der Waals surface area contributed by atoms with Crippen molar-refractivity contribution in [3.8, 4) is 0 Å². The smallest absolute Gasteiger partial charge is 0.244 e. The third-order valence-electron chi connectivity index (χ3n) is 3.19. The molecule has 0 aliphatic carbocycles. The Kier molecular flexibility index (Phi) is 5.86. The summed E-state index contributed by atoms with van der Waals surface area (Å²) in [6.07, 6.45) is 3.54. The topological polar surface area (TPSA) is 49.3 Å². The molecule has 2 aromatic carbocycles. The van der Waals surface area contributed by atoms with Crippen molar-refractivity contribution in [2.75, 3.05) is 6.61 Å². The van der Waals surface area contributed by atoms with Crippen LogP contribution in [0.25, 0.3) is 6.08 Å². The number of hydrogen-bond acceptors (Lipinski definition) is 2. The first-order valence-electron chi connectivity index (χ1n) is 7.06. The summed E-state index contributed by atoms with van der Waals surface area (Å²) >= 11 is 0. The number of benzene rings is 2. The van der Waals surface area contributed by atoms with Gasteiger partial charge >= 0.3 is 0 Å². The van der Waals surface area contributed by atoms with E-state index in [1.165, 1.54) is 18.2 Å². The molecule has 22 heavy (non-hydrogen) atoms. The van der Waals surface area contributed by atoms with Crippen LogP contribution >= 0.6 is 0 Å². The molecule has 0 fully saturated rings. The van der Waals surface area contributed by atoms with Crippen molar-refractivity contribution in [1.82, 2.24) is 5.32 Å². The van der Waals surface area contributed by atoms with Crippen molar-refractivity contribution in [2.24, 2.45) is 0 Å². The number of hydrogen-bond donors (Lipinski definition) is 2. The van der Waals surface area contributed by atoms with Gasteiger partial charge in [0.25, 0.3) is 0 Å². The highest BCUT2D eigenvalue weighted by Gasteiger charge is 2.10. The molecule has 0 saturated carbocycles. The molecule has 1 atom stereocenters. The Labute approximate surface area is 129 Å². The summed E-state index contributed by atoms with van der Waals surface area (Å²) in [6, 6.07) is 15.2. The van der Waals surface area contributed by atoms with Crippen molar-refractivity contribution in [1.29, 1.82) is 0 Å². The Hall–Kier alpha value is -2.46. The van der Waals surface area contributed by atoms with Gasteiger partial charge in [0.15, 0.2) is 0 Å². The fourth-order valence-electron chi connectivity index (χ4n) is 2.05. The SMILES string of the molecule is O=C(/C=C/c1ccc(F)cc1)N[C@H](CO)Cc1ccccc1. The third-order valence-corrected chi connectivity index (χ3v) is 3.19. The Balaban J connectivity index is 1.90. The molecule has 2 rings (SSSR count). The highest BCUT2D eigenvalue weighted by atomic mass is 19.1. The van der Waals surface area contributed by atoms with Gasteiger partial charge in [-0.05, 0) is 35.8 Å². The van der Waals surface area contributed by atoms with Crippen LogP contribution in [0.15, 0.2) is 60.7 Å². The first-order chi connectivity index (χ1) is 10.7. The van der Waals surface area contributed by atoms with Gasteiger partial charge in [0.05, 0.1) is 12.6 Å². The molecule has 0 unspecified atom stereocenters. The van der Waals surface area contributed by atoms with Crippen molar-refractivity contribution in [3.05, 3.63) is 77.6 Å². The van der Waals surface area contributed by atoms with E-state index >= 15 is 0 Å².